The zero-order valence-electron chi connectivity index (χ0n) is 8.50. The number of hydrogen-bond donors (Lipinski definition) is 1. The van der Waals surface area contributed by atoms with Crippen LogP contribution in [0.4, 0.5) is 13.2 Å². The quantitative estimate of drug-likeness (QED) is 0.810. The van der Waals surface area contributed by atoms with Crippen LogP contribution in [-0.4, -0.2) is 15.0 Å². The van der Waals surface area contributed by atoms with Gasteiger partial charge in [0.25, 0.3) is 0 Å². The van der Waals surface area contributed by atoms with Crippen molar-refractivity contribution in [2.45, 2.75) is 13.1 Å². The number of nitrogens with one attached hydrogen (secondary N) is 1. The molecule has 2 rings (SSSR count). The minimum Gasteiger partial charge on any atom is -0.335 e. The van der Waals surface area contributed by atoms with Gasteiger partial charge >= 0.3 is 6.18 Å². The minimum atomic E-state index is -4.42. The smallest absolute Gasteiger partial charge is 0.335 e. The van der Waals surface area contributed by atoms with E-state index in [0.717, 1.165) is 11.9 Å². The lowest BCUT2D eigenvalue weighted by Gasteiger charge is -2.00. The van der Waals surface area contributed by atoms with Gasteiger partial charge in [-0.05, 0) is 25.2 Å². The molecule has 2 aromatic rings. The van der Waals surface area contributed by atoms with Gasteiger partial charge < -0.3 is 4.98 Å². The van der Waals surface area contributed by atoms with Crippen LogP contribution in [0.2, 0.25) is 0 Å². The molecule has 0 aliphatic carbocycles. The van der Waals surface area contributed by atoms with Crippen molar-refractivity contribution in [2.75, 3.05) is 0 Å². The molecular formula is C9H6F3N3S2. The molecule has 2 aromatic heterocycles. The number of halogens is 3. The van der Waals surface area contributed by atoms with Crippen LogP contribution >= 0.6 is 23.6 Å². The van der Waals surface area contributed by atoms with Gasteiger partial charge in [0.1, 0.15) is 0 Å². The summed E-state index contributed by atoms with van der Waals surface area (Å²) in [6.07, 6.45) is -3.26. The fourth-order valence-electron chi connectivity index (χ4n) is 1.23. The number of thiazole rings is 1. The van der Waals surface area contributed by atoms with Gasteiger partial charge in [-0.3, -0.25) is 0 Å². The van der Waals surface area contributed by atoms with Crippen molar-refractivity contribution in [3.8, 4) is 10.6 Å². The Labute approximate surface area is 103 Å². The van der Waals surface area contributed by atoms with Crippen LogP contribution in [0.1, 0.15) is 10.7 Å². The molecule has 0 aliphatic rings. The fraction of sp³-hybridized carbons (Fsp3) is 0.222. The molecule has 0 radical (unpaired) electrons. The molecular weight excluding hydrogens is 271 g/mol. The number of aromatic nitrogens is 3. The summed E-state index contributed by atoms with van der Waals surface area (Å²) in [5.41, 5.74) is 1.14. The molecule has 0 bridgehead atoms. The van der Waals surface area contributed by atoms with Crippen molar-refractivity contribution in [1.29, 1.82) is 0 Å². The summed E-state index contributed by atoms with van der Waals surface area (Å²) in [5, 5.41) is -0.884. The van der Waals surface area contributed by atoms with Crippen LogP contribution in [0.25, 0.3) is 10.6 Å². The first-order valence-corrected chi connectivity index (χ1v) is 5.70. The Morgan fingerprint density at radius 1 is 1.41 bits per heavy atom. The van der Waals surface area contributed by atoms with Gasteiger partial charge in [0.15, 0.2) is 9.78 Å². The zero-order valence-corrected chi connectivity index (χ0v) is 10.1. The van der Waals surface area contributed by atoms with Gasteiger partial charge in [-0.2, -0.15) is 13.2 Å². The second-order valence-corrected chi connectivity index (χ2v) is 4.70. The number of aromatic amines is 1. The fourth-order valence-corrected chi connectivity index (χ4v) is 2.23. The maximum atomic E-state index is 12.4. The van der Waals surface area contributed by atoms with Gasteiger partial charge in [-0.1, -0.05) is 0 Å². The summed E-state index contributed by atoms with van der Waals surface area (Å²) in [6.45, 7) is 1.76. The third kappa shape index (κ3) is 2.70. The number of aryl methyl sites for hydroxylation is 1. The molecule has 0 atom stereocenters. The van der Waals surface area contributed by atoms with E-state index >= 15 is 0 Å². The second-order valence-electron chi connectivity index (χ2n) is 3.28. The van der Waals surface area contributed by atoms with Crippen molar-refractivity contribution in [3.05, 3.63) is 27.7 Å². The lowest BCUT2D eigenvalue weighted by atomic mass is 10.3. The van der Waals surface area contributed by atoms with Crippen molar-refractivity contribution in [1.82, 2.24) is 15.0 Å². The summed E-state index contributed by atoms with van der Waals surface area (Å²) in [5.74, 6) is 0. The van der Waals surface area contributed by atoms with Gasteiger partial charge in [-0.25, -0.2) is 9.97 Å². The van der Waals surface area contributed by atoms with Crippen molar-refractivity contribution < 1.29 is 13.2 Å². The highest BCUT2D eigenvalue weighted by molar-refractivity contribution is 7.71. The largest absolute Gasteiger partial charge is 0.443 e. The van der Waals surface area contributed by atoms with Gasteiger partial charge in [0, 0.05) is 11.9 Å². The minimum absolute atomic E-state index is 0.238. The van der Waals surface area contributed by atoms with Gasteiger partial charge in [0.2, 0.25) is 0 Å². The summed E-state index contributed by atoms with van der Waals surface area (Å²) in [6, 6.07) is 1.63. The molecule has 0 aliphatic heterocycles. The Kier molecular flexibility index (Phi) is 3.00. The first-order chi connectivity index (χ1) is 7.86. The molecule has 0 fully saturated rings. The standard InChI is InChI=1S/C9H6F3N3S2/c1-4-2-5(15-8(16)14-4)6-3-13-7(17-6)9(10,11)12/h2-3H,1H3,(H,14,15,16). The Bertz CT molecular complexity index is 600. The van der Waals surface area contributed by atoms with Crippen LogP contribution in [0.3, 0.4) is 0 Å². The second kappa shape index (κ2) is 4.19. The van der Waals surface area contributed by atoms with Crippen LogP contribution in [-0.2, 0) is 6.18 Å². The first kappa shape index (κ1) is 12.2. The number of alkyl halides is 3. The molecule has 3 nitrogen and oxygen atoms in total. The number of nitrogens with zero attached hydrogens (tertiary/aromatic N) is 2. The zero-order chi connectivity index (χ0) is 12.6. The van der Waals surface area contributed by atoms with E-state index in [1.165, 1.54) is 0 Å². The van der Waals surface area contributed by atoms with E-state index in [1.807, 2.05) is 0 Å². The Balaban J connectivity index is 2.47. The molecule has 8 heteroatoms. The van der Waals surface area contributed by atoms with Crippen molar-refractivity contribution in [2.24, 2.45) is 0 Å². The molecule has 2 heterocycles. The number of rotatable bonds is 1. The van der Waals surface area contributed by atoms with E-state index in [1.54, 1.807) is 13.0 Å². The predicted molar refractivity (Wildman–Crippen MR) is 60.3 cm³/mol. The molecule has 90 valence electrons. The molecule has 17 heavy (non-hydrogen) atoms. The maximum Gasteiger partial charge on any atom is 0.443 e. The van der Waals surface area contributed by atoms with E-state index in [0.29, 0.717) is 21.9 Å². The highest BCUT2D eigenvalue weighted by atomic mass is 32.1. The molecule has 0 saturated carbocycles. The monoisotopic (exact) mass is 277 g/mol. The summed E-state index contributed by atoms with van der Waals surface area (Å²) >= 11 is 5.41. The van der Waals surface area contributed by atoms with E-state index in [4.69, 9.17) is 12.2 Å². The number of H-pyrrole nitrogens is 1. The highest BCUT2D eigenvalue weighted by Crippen LogP contribution is 2.35. The predicted octanol–water partition coefficient (Wildman–Crippen LogP) is 3.59. The normalized spacial score (nSPS) is 11.8. The third-order valence-corrected chi connectivity index (χ3v) is 3.14. The topological polar surface area (TPSA) is 41.6 Å². The van der Waals surface area contributed by atoms with Crippen molar-refractivity contribution >= 4 is 23.6 Å². The maximum absolute atomic E-state index is 12.4. The lowest BCUT2D eigenvalue weighted by Crippen LogP contribution is -2.02. The summed E-state index contributed by atoms with van der Waals surface area (Å²) in [7, 11) is 0. The average molecular weight is 277 g/mol. The first-order valence-electron chi connectivity index (χ1n) is 4.47. The molecule has 0 amide bonds. The average Bonchev–Trinajstić information content (AvgIpc) is 2.63. The van der Waals surface area contributed by atoms with Crippen LogP contribution < -0.4 is 0 Å². The summed E-state index contributed by atoms with van der Waals surface area (Å²) < 4.78 is 37.4. The van der Waals surface area contributed by atoms with Crippen molar-refractivity contribution in [3.63, 3.8) is 0 Å². The van der Waals surface area contributed by atoms with Crippen LogP contribution in [0.15, 0.2) is 12.3 Å². The number of hydrogen-bond acceptors (Lipinski definition) is 4. The molecule has 0 unspecified atom stereocenters. The van der Waals surface area contributed by atoms with E-state index in [9.17, 15) is 13.2 Å². The van der Waals surface area contributed by atoms with Crippen LogP contribution in [0.5, 0.6) is 0 Å². The SMILES string of the molecule is Cc1cc(-c2cnc(C(F)(F)F)s2)nc(=S)[nH]1. The van der Waals surface area contributed by atoms with Gasteiger partial charge in [0.05, 0.1) is 10.6 Å². The van der Waals surface area contributed by atoms with E-state index < -0.39 is 11.2 Å². The molecule has 0 aromatic carbocycles. The van der Waals surface area contributed by atoms with E-state index in [-0.39, 0.29) is 4.77 Å². The molecule has 0 spiro atoms. The Morgan fingerprint density at radius 3 is 2.65 bits per heavy atom. The lowest BCUT2D eigenvalue weighted by molar-refractivity contribution is -0.137. The summed E-state index contributed by atoms with van der Waals surface area (Å²) in [4.78, 5) is 10.4. The van der Waals surface area contributed by atoms with Crippen LogP contribution in [0, 0.1) is 11.7 Å². The molecule has 1 N–H and O–H groups in total. The van der Waals surface area contributed by atoms with Gasteiger partial charge in [-0.15, -0.1) is 11.3 Å². The molecule has 0 saturated heterocycles. The highest BCUT2D eigenvalue weighted by Gasteiger charge is 2.34. The Morgan fingerprint density at radius 2 is 2.12 bits per heavy atom. The van der Waals surface area contributed by atoms with E-state index in [2.05, 4.69) is 15.0 Å². The Hall–Kier alpha value is -1.28. The third-order valence-electron chi connectivity index (χ3n) is 1.88.